The molecule has 116 valence electrons. The van der Waals surface area contributed by atoms with E-state index in [1.54, 1.807) is 0 Å². The smallest absolute Gasteiger partial charge is 0.231 e. The monoisotopic (exact) mass is 317 g/mol. The van der Waals surface area contributed by atoms with Crippen LogP contribution in [-0.2, 0) is 6.42 Å². The summed E-state index contributed by atoms with van der Waals surface area (Å²) in [4.78, 5) is 2.66. The molecule has 3 unspecified atom stereocenters. The molecule has 0 radical (unpaired) electrons. The van der Waals surface area contributed by atoms with Gasteiger partial charge in [0.15, 0.2) is 11.5 Å². The maximum absolute atomic E-state index is 6.88. The standard InChI is InChI=1S/C18H20ClNO2/c1-11-9-18-4-2-5-20(18)6-3-12-7-14-15(22-10-21-14)8-13(12)16(18)17(11)19/h7-9,16-17H,2-6,10H2,1H3. The fourth-order valence-corrected chi connectivity index (χ4v) is 5.44. The van der Waals surface area contributed by atoms with Crippen LogP contribution in [0.3, 0.4) is 0 Å². The van der Waals surface area contributed by atoms with Crippen molar-refractivity contribution in [2.45, 2.75) is 43.0 Å². The van der Waals surface area contributed by atoms with Gasteiger partial charge in [0, 0.05) is 18.0 Å². The van der Waals surface area contributed by atoms with Crippen LogP contribution in [0.2, 0.25) is 0 Å². The van der Waals surface area contributed by atoms with Crippen LogP contribution in [0.4, 0.5) is 0 Å². The molecule has 3 nitrogen and oxygen atoms in total. The maximum Gasteiger partial charge on any atom is 0.231 e. The second kappa shape index (κ2) is 4.42. The number of hydrogen-bond donors (Lipinski definition) is 0. The number of hydrogen-bond acceptors (Lipinski definition) is 3. The first kappa shape index (κ1) is 13.3. The van der Waals surface area contributed by atoms with Crippen LogP contribution in [0.25, 0.3) is 0 Å². The maximum atomic E-state index is 6.88. The third-order valence-corrected chi connectivity index (χ3v) is 6.55. The zero-order valence-electron chi connectivity index (χ0n) is 12.8. The Hall–Kier alpha value is -1.19. The summed E-state index contributed by atoms with van der Waals surface area (Å²) in [6.45, 7) is 4.81. The molecule has 5 rings (SSSR count). The second-order valence-corrected chi connectivity index (χ2v) is 7.47. The predicted molar refractivity (Wildman–Crippen MR) is 85.9 cm³/mol. The summed E-state index contributed by atoms with van der Waals surface area (Å²) in [6, 6.07) is 4.39. The van der Waals surface area contributed by atoms with Crippen LogP contribution in [0.15, 0.2) is 23.8 Å². The van der Waals surface area contributed by atoms with Crippen molar-refractivity contribution < 1.29 is 9.47 Å². The summed E-state index contributed by atoms with van der Waals surface area (Å²) in [7, 11) is 0. The molecular weight excluding hydrogens is 298 g/mol. The molecule has 1 aliphatic carbocycles. The highest BCUT2D eigenvalue weighted by atomic mass is 35.5. The van der Waals surface area contributed by atoms with Crippen LogP contribution in [-0.4, -0.2) is 35.7 Å². The molecule has 1 spiro atoms. The Kier molecular flexibility index (Phi) is 2.67. The van der Waals surface area contributed by atoms with E-state index >= 15 is 0 Å². The highest BCUT2D eigenvalue weighted by Gasteiger charge is 2.54. The van der Waals surface area contributed by atoms with Gasteiger partial charge in [-0.15, -0.1) is 11.6 Å². The Morgan fingerprint density at radius 3 is 2.91 bits per heavy atom. The summed E-state index contributed by atoms with van der Waals surface area (Å²) in [5.74, 6) is 2.11. The largest absolute Gasteiger partial charge is 0.454 e. The van der Waals surface area contributed by atoms with E-state index in [1.165, 1.54) is 36.1 Å². The number of allylic oxidation sites excluding steroid dienone is 1. The van der Waals surface area contributed by atoms with Gasteiger partial charge in [-0.05, 0) is 56.0 Å². The molecule has 0 amide bonds. The van der Waals surface area contributed by atoms with E-state index in [-0.39, 0.29) is 10.9 Å². The molecule has 1 aromatic carbocycles. The Morgan fingerprint density at radius 1 is 1.23 bits per heavy atom. The molecule has 1 aromatic rings. The van der Waals surface area contributed by atoms with E-state index < -0.39 is 0 Å². The topological polar surface area (TPSA) is 21.7 Å². The molecule has 3 heterocycles. The normalized spacial score (nSPS) is 35.6. The summed E-state index contributed by atoms with van der Waals surface area (Å²) in [5.41, 5.74) is 4.21. The summed E-state index contributed by atoms with van der Waals surface area (Å²) < 4.78 is 11.2. The first-order chi connectivity index (χ1) is 10.7. The van der Waals surface area contributed by atoms with Crippen molar-refractivity contribution in [1.82, 2.24) is 4.90 Å². The second-order valence-electron chi connectivity index (χ2n) is 7.00. The van der Waals surface area contributed by atoms with Gasteiger partial charge in [0.2, 0.25) is 6.79 Å². The molecule has 0 N–H and O–H groups in total. The first-order valence-electron chi connectivity index (χ1n) is 8.20. The van der Waals surface area contributed by atoms with Crippen molar-refractivity contribution in [3.8, 4) is 11.5 Å². The van der Waals surface area contributed by atoms with Crippen molar-refractivity contribution in [2.24, 2.45) is 0 Å². The minimum Gasteiger partial charge on any atom is -0.454 e. The lowest BCUT2D eigenvalue weighted by Gasteiger charge is -2.39. The summed E-state index contributed by atoms with van der Waals surface area (Å²) in [6.07, 6.45) is 6.01. The lowest BCUT2D eigenvalue weighted by atomic mass is 9.78. The molecule has 4 aliphatic rings. The minimum absolute atomic E-state index is 0.0813. The molecule has 22 heavy (non-hydrogen) atoms. The minimum atomic E-state index is 0.0813. The highest BCUT2D eigenvalue weighted by Crippen LogP contribution is 2.55. The van der Waals surface area contributed by atoms with Gasteiger partial charge in [-0.2, -0.15) is 0 Å². The third-order valence-electron chi connectivity index (χ3n) is 5.96. The Balaban J connectivity index is 1.72. The lowest BCUT2D eigenvalue weighted by Crippen LogP contribution is -2.46. The Morgan fingerprint density at radius 2 is 2.05 bits per heavy atom. The van der Waals surface area contributed by atoms with Crippen molar-refractivity contribution >= 4 is 11.6 Å². The van der Waals surface area contributed by atoms with E-state index in [1.807, 2.05) is 0 Å². The highest BCUT2D eigenvalue weighted by molar-refractivity contribution is 6.23. The Labute approximate surface area is 135 Å². The SMILES string of the molecule is CC1=CC23CCCN2CCc2cc4c(cc2C3C1Cl)OCO4. The van der Waals surface area contributed by atoms with Gasteiger partial charge in [-0.1, -0.05) is 11.6 Å². The molecule has 3 aliphatic heterocycles. The quantitative estimate of drug-likeness (QED) is 0.540. The van der Waals surface area contributed by atoms with Gasteiger partial charge in [-0.3, -0.25) is 4.90 Å². The fourth-order valence-electron chi connectivity index (χ4n) is 5.02. The number of halogens is 1. The van der Waals surface area contributed by atoms with Gasteiger partial charge in [-0.25, -0.2) is 0 Å². The predicted octanol–water partition coefficient (Wildman–Crippen LogP) is 3.46. The number of nitrogens with zero attached hydrogens (tertiary/aromatic N) is 1. The number of rotatable bonds is 0. The van der Waals surface area contributed by atoms with E-state index in [2.05, 4.69) is 30.0 Å². The van der Waals surface area contributed by atoms with Gasteiger partial charge < -0.3 is 9.47 Å². The van der Waals surface area contributed by atoms with Gasteiger partial charge in [0.25, 0.3) is 0 Å². The molecule has 1 saturated heterocycles. The van der Waals surface area contributed by atoms with Crippen molar-refractivity contribution in [3.05, 3.63) is 34.9 Å². The average molecular weight is 318 g/mol. The first-order valence-corrected chi connectivity index (χ1v) is 8.63. The Bertz CT molecular complexity index is 686. The van der Waals surface area contributed by atoms with Crippen LogP contribution in [0, 0.1) is 0 Å². The fraction of sp³-hybridized carbons (Fsp3) is 0.556. The molecule has 4 heteroatoms. The molecule has 0 bridgehead atoms. The van der Waals surface area contributed by atoms with Crippen molar-refractivity contribution in [1.29, 1.82) is 0 Å². The van der Waals surface area contributed by atoms with E-state index in [4.69, 9.17) is 21.1 Å². The average Bonchev–Trinajstić information content (AvgIpc) is 3.15. The lowest BCUT2D eigenvalue weighted by molar-refractivity contribution is 0.170. The molecule has 0 aromatic heterocycles. The van der Waals surface area contributed by atoms with E-state index in [0.29, 0.717) is 12.7 Å². The number of benzene rings is 1. The number of fused-ring (bicyclic) bond motifs is 3. The van der Waals surface area contributed by atoms with Gasteiger partial charge in [0.1, 0.15) is 0 Å². The van der Waals surface area contributed by atoms with Crippen LogP contribution >= 0.6 is 11.6 Å². The zero-order valence-corrected chi connectivity index (χ0v) is 13.5. The number of ether oxygens (including phenoxy) is 2. The van der Waals surface area contributed by atoms with Gasteiger partial charge >= 0.3 is 0 Å². The number of alkyl halides is 1. The van der Waals surface area contributed by atoms with Crippen molar-refractivity contribution in [3.63, 3.8) is 0 Å². The zero-order chi connectivity index (χ0) is 14.9. The molecule has 0 saturated carbocycles. The summed E-state index contributed by atoms with van der Waals surface area (Å²) >= 11 is 6.88. The van der Waals surface area contributed by atoms with Gasteiger partial charge in [0.05, 0.1) is 5.38 Å². The van der Waals surface area contributed by atoms with E-state index in [0.717, 1.165) is 24.5 Å². The third kappa shape index (κ3) is 1.56. The van der Waals surface area contributed by atoms with Crippen LogP contribution in [0.1, 0.15) is 36.8 Å². The van der Waals surface area contributed by atoms with Crippen LogP contribution in [0.5, 0.6) is 11.5 Å². The van der Waals surface area contributed by atoms with Crippen LogP contribution < -0.4 is 9.47 Å². The molecule has 3 atom stereocenters. The van der Waals surface area contributed by atoms with E-state index in [9.17, 15) is 0 Å². The summed E-state index contributed by atoms with van der Waals surface area (Å²) in [5, 5.41) is 0.0813. The molecular formula is C18H20ClNO2. The van der Waals surface area contributed by atoms with Crippen molar-refractivity contribution in [2.75, 3.05) is 19.9 Å². The molecule has 1 fully saturated rings.